The second kappa shape index (κ2) is 2.23. The van der Waals surface area contributed by atoms with E-state index in [1.54, 1.807) is 5.48 Å². The fourth-order valence-electron chi connectivity index (χ4n) is 2.58. The lowest BCUT2D eigenvalue weighted by Crippen LogP contribution is -2.70. The van der Waals surface area contributed by atoms with Crippen molar-refractivity contribution >= 4 is 11.9 Å². The predicted molar refractivity (Wildman–Crippen MR) is 40.7 cm³/mol. The molecule has 0 saturated heterocycles. The Morgan fingerprint density at radius 1 is 1.31 bits per heavy atom. The minimum absolute atomic E-state index is 0.236. The molecular weight excluding hydrogens is 174 g/mol. The molecule has 3 rings (SSSR count). The van der Waals surface area contributed by atoms with E-state index in [0.717, 1.165) is 0 Å². The van der Waals surface area contributed by atoms with Gasteiger partial charge in [-0.15, -0.1) is 0 Å². The molecule has 2 N–H and O–H groups in total. The first-order valence-corrected chi connectivity index (χ1v) is 4.12. The molecular formula is C8H11NO4. The van der Waals surface area contributed by atoms with Gasteiger partial charge in [-0.2, -0.15) is 0 Å². The number of carbonyl (C=O) groups is 2. The molecule has 0 aromatic carbocycles. The maximum absolute atomic E-state index is 11.2. The smallest absolute Gasteiger partial charge is 0.311 e. The minimum atomic E-state index is -0.483. The number of hydroxylamine groups is 1. The van der Waals surface area contributed by atoms with E-state index in [0.29, 0.717) is 19.3 Å². The molecule has 5 heteroatoms. The van der Waals surface area contributed by atoms with E-state index in [9.17, 15) is 9.59 Å². The molecule has 0 heterocycles. The third kappa shape index (κ3) is 0.798. The standard InChI is InChI=1S/C8H11NO4/c1-13-6(11)8-2-7(3-8,4-8)5(10)9-12/h12H,2-4H2,1H3,(H,9,10). The first-order valence-electron chi connectivity index (χ1n) is 4.12. The summed E-state index contributed by atoms with van der Waals surface area (Å²) in [7, 11) is 1.35. The minimum Gasteiger partial charge on any atom is -0.469 e. The van der Waals surface area contributed by atoms with Crippen LogP contribution in [0.4, 0.5) is 0 Å². The molecule has 5 nitrogen and oxygen atoms in total. The Morgan fingerprint density at radius 3 is 2.23 bits per heavy atom. The maximum Gasteiger partial charge on any atom is 0.311 e. The van der Waals surface area contributed by atoms with Crippen molar-refractivity contribution in [3.8, 4) is 0 Å². The van der Waals surface area contributed by atoms with Gasteiger partial charge in [-0.25, -0.2) is 5.48 Å². The van der Waals surface area contributed by atoms with Crippen molar-refractivity contribution in [2.45, 2.75) is 19.3 Å². The predicted octanol–water partition coefficient (Wildman–Crippen LogP) is -0.165. The molecule has 3 saturated carbocycles. The van der Waals surface area contributed by atoms with Crippen LogP contribution in [0.25, 0.3) is 0 Å². The van der Waals surface area contributed by atoms with Gasteiger partial charge in [0.1, 0.15) is 0 Å². The Hall–Kier alpha value is -1.10. The highest BCUT2D eigenvalue weighted by Crippen LogP contribution is 2.73. The second-order valence-corrected chi connectivity index (χ2v) is 4.02. The van der Waals surface area contributed by atoms with Crippen molar-refractivity contribution in [1.82, 2.24) is 5.48 Å². The van der Waals surface area contributed by atoms with Crippen molar-refractivity contribution in [3.05, 3.63) is 0 Å². The van der Waals surface area contributed by atoms with Crippen LogP contribution in [-0.4, -0.2) is 24.2 Å². The fraction of sp³-hybridized carbons (Fsp3) is 0.750. The summed E-state index contributed by atoms with van der Waals surface area (Å²) in [5.74, 6) is -0.613. The van der Waals surface area contributed by atoms with Crippen LogP contribution >= 0.6 is 0 Å². The molecule has 0 spiro atoms. The van der Waals surface area contributed by atoms with Crippen molar-refractivity contribution in [2.24, 2.45) is 10.8 Å². The Labute approximate surface area is 75.0 Å². The van der Waals surface area contributed by atoms with Gasteiger partial charge in [0.2, 0.25) is 5.91 Å². The Kier molecular flexibility index (Phi) is 1.46. The van der Waals surface area contributed by atoms with Crippen LogP contribution in [0.1, 0.15) is 19.3 Å². The van der Waals surface area contributed by atoms with Gasteiger partial charge in [-0.1, -0.05) is 0 Å². The van der Waals surface area contributed by atoms with Crippen molar-refractivity contribution in [1.29, 1.82) is 0 Å². The van der Waals surface area contributed by atoms with Gasteiger partial charge in [0.25, 0.3) is 0 Å². The second-order valence-electron chi connectivity index (χ2n) is 4.02. The van der Waals surface area contributed by atoms with E-state index >= 15 is 0 Å². The highest BCUT2D eigenvalue weighted by molar-refractivity contribution is 5.93. The molecule has 72 valence electrons. The molecule has 3 aliphatic rings. The number of nitrogens with one attached hydrogen (secondary N) is 1. The molecule has 1 amide bonds. The average molecular weight is 185 g/mol. The van der Waals surface area contributed by atoms with Crippen LogP contribution in [0, 0.1) is 10.8 Å². The zero-order valence-electron chi connectivity index (χ0n) is 7.29. The first-order chi connectivity index (χ1) is 6.08. The lowest BCUT2D eigenvalue weighted by molar-refractivity contribution is -0.226. The molecule has 0 unspecified atom stereocenters. The molecule has 2 bridgehead atoms. The third-order valence-electron chi connectivity index (χ3n) is 3.23. The summed E-state index contributed by atoms with van der Waals surface area (Å²) in [6.45, 7) is 0. The topological polar surface area (TPSA) is 75.6 Å². The summed E-state index contributed by atoms with van der Waals surface area (Å²) < 4.78 is 4.62. The zero-order chi connectivity index (χ0) is 9.69. The van der Waals surface area contributed by atoms with Gasteiger partial charge in [-0.05, 0) is 19.3 Å². The summed E-state index contributed by atoms with van der Waals surface area (Å²) in [6.07, 6.45) is 1.54. The van der Waals surface area contributed by atoms with Crippen LogP contribution < -0.4 is 5.48 Å². The highest BCUT2D eigenvalue weighted by atomic mass is 16.5. The molecule has 0 aromatic heterocycles. The molecule has 3 fully saturated rings. The summed E-state index contributed by atoms with van der Waals surface area (Å²) in [5, 5.41) is 8.42. The lowest BCUT2D eigenvalue weighted by atomic mass is 9.35. The van der Waals surface area contributed by atoms with Crippen molar-refractivity contribution < 1.29 is 19.5 Å². The number of hydrogen-bond donors (Lipinski definition) is 2. The van der Waals surface area contributed by atoms with E-state index in [-0.39, 0.29) is 11.9 Å². The Morgan fingerprint density at radius 2 is 1.85 bits per heavy atom. The number of esters is 1. The number of carbonyl (C=O) groups excluding carboxylic acids is 2. The van der Waals surface area contributed by atoms with E-state index in [1.165, 1.54) is 7.11 Å². The summed E-state index contributed by atoms with van der Waals surface area (Å²) >= 11 is 0. The summed E-state index contributed by atoms with van der Waals surface area (Å²) in [5.41, 5.74) is 0.730. The average Bonchev–Trinajstić information content (AvgIpc) is 1.98. The fourth-order valence-corrected chi connectivity index (χ4v) is 2.58. The van der Waals surface area contributed by atoms with Crippen LogP contribution in [0.2, 0.25) is 0 Å². The van der Waals surface area contributed by atoms with Gasteiger partial charge >= 0.3 is 5.97 Å². The number of methoxy groups -OCH3 is 1. The molecule has 0 atom stereocenters. The van der Waals surface area contributed by atoms with E-state index in [1.807, 2.05) is 0 Å². The summed E-state index contributed by atoms with van der Waals surface area (Å²) in [6, 6.07) is 0. The molecule has 13 heavy (non-hydrogen) atoms. The van der Waals surface area contributed by atoms with Crippen LogP contribution in [0.5, 0.6) is 0 Å². The Balaban J connectivity index is 2.00. The molecule has 0 aliphatic heterocycles. The number of ether oxygens (including phenoxy) is 1. The molecule has 3 aliphatic carbocycles. The van der Waals surface area contributed by atoms with Gasteiger partial charge in [0.15, 0.2) is 0 Å². The van der Waals surface area contributed by atoms with E-state index in [2.05, 4.69) is 4.74 Å². The lowest BCUT2D eigenvalue weighted by Gasteiger charge is -2.66. The Bertz CT molecular complexity index is 240. The number of rotatable bonds is 2. The SMILES string of the molecule is COC(=O)C12CC(C(=O)NO)(C1)C2. The number of amides is 1. The van der Waals surface area contributed by atoms with Crippen molar-refractivity contribution in [2.75, 3.05) is 7.11 Å². The largest absolute Gasteiger partial charge is 0.469 e. The van der Waals surface area contributed by atoms with Gasteiger partial charge in [0, 0.05) is 0 Å². The highest BCUT2D eigenvalue weighted by Gasteiger charge is 2.75. The van der Waals surface area contributed by atoms with Crippen LogP contribution in [0.3, 0.4) is 0 Å². The van der Waals surface area contributed by atoms with Gasteiger partial charge < -0.3 is 4.74 Å². The van der Waals surface area contributed by atoms with Crippen LogP contribution in [0.15, 0.2) is 0 Å². The van der Waals surface area contributed by atoms with Gasteiger partial charge in [0.05, 0.1) is 17.9 Å². The first kappa shape index (κ1) is 8.50. The molecule has 0 aromatic rings. The van der Waals surface area contributed by atoms with Crippen molar-refractivity contribution in [3.63, 3.8) is 0 Å². The van der Waals surface area contributed by atoms with Gasteiger partial charge in [-0.3, -0.25) is 14.8 Å². The third-order valence-corrected chi connectivity index (χ3v) is 3.23. The monoisotopic (exact) mass is 185 g/mol. The van der Waals surface area contributed by atoms with E-state index < -0.39 is 10.8 Å². The number of hydrogen-bond acceptors (Lipinski definition) is 4. The zero-order valence-corrected chi connectivity index (χ0v) is 7.29. The molecule has 0 radical (unpaired) electrons. The van der Waals surface area contributed by atoms with E-state index in [4.69, 9.17) is 5.21 Å². The van der Waals surface area contributed by atoms with Crippen LogP contribution in [-0.2, 0) is 14.3 Å². The maximum atomic E-state index is 11.2. The summed E-state index contributed by atoms with van der Waals surface area (Å²) in [4.78, 5) is 22.3. The normalized spacial score (nSPS) is 39.8. The quantitative estimate of drug-likeness (QED) is 0.356.